The molecule has 1 aliphatic carbocycles. The molecule has 4 nitrogen and oxygen atoms in total. The second-order valence-corrected chi connectivity index (χ2v) is 7.41. The number of carbonyl (C=O) groups excluding carboxylic acids is 1. The summed E-state index contributed by atoms with van der Waals surface area (Å²) in [5.41, 5.74) is 4.55. The summed E-state index contributed by atoms with van der Waals surface area (Å²) >= 11 is 0. The number of benzene rings is 2. The maximum atomic E-state index is 12.6. The summed E-state index contributed by atoms with van der Waals surface area (Å²) in [4.78, 5) is 14.4. The SMILES string of the molecule is COC(=O)N1CC(C#N)CCC1(C)C1c2ccccc2-c2ccccc21. The molecule has 1 aliphatic heterocycles. The van der Waals surface area contributed by atoms with Crippen molar-refractivity contribution in [3.05, 3.63) is 59.7 Å². The zero-order valence-corrected chi connectivity index (χ0v) is 15.1. The van der Waals surface area contributed by atoms with Gasteiger partial charge in [-0.15, -0.1) is 0 Å². The number of fused-ring (bicyclic) bond motifs is 3. The number of piperidine rings is 1. The number of likely N-dealkylation sites (tertiary alicyclic amines) is 1. The second-order valence-electron chi connectivity index (χ2n) is 7.41. The van der Waals surface area contributed by atoms with Gasteiger partial charge in [-0.2, -0.15) is 5.26 Å². The van der Waals surface area contributed by atoms with Gasteiger partial charge in [-0.25, -0.2) is 4.79 Å². The smallest absolute Gasteiger partial charge is 0.410 e. The van der Waals surface area contributed by atoms with Crippen LogP contribution in [0.3, 0.4) is 0 Å². The van der Waals surface area contributed by atoms with E-state index >= 15 is 0 Å². The molecule has 1 heterocycles. The van der Waals surface area contributed by atoms with Gasteiger partial charge in [0.15, 0.2) is 0 Å². The number of carbonyl (C=O) groups is 1. The summed E-state index contributed by atoms with van der Waals surface area (Å²) in [5, 5.41) is 9.39. The summed E-state index contributed by atoms with van der Waals surface area (Å²) < 4.78 is 5.09. The van der Waals surface area contributed by atoms with Crippen LogP contribution in [0.5, 0.6) is 0 Å². The molecule has 1 amide bonds. The quantitative estimate of drug-likeness (QED) is 0.760. The van der Waals surface area contributed by atoms with E-state index in [4.69, 9.17) is 4.74 Å². The fourth-order valence-electron chi connectivity index (χ4n) is 4.75. The number of ether oxygens (including phenoxy) is 1. The van der Waals surface area contributed by atoms with Crippen LogP contribution >= 0.6 is 0 Å². The highest BCUT2D eigenvalue weighted by atomic mass is 16.5. The standard InChI is InChI=1S/C22H22N2O2/c1-22(12-11-15(13-23)14-24(22)21(25)26-2)20-18-9-5-3-7-16(18)17-8-4-6-10-19(17)20/h3-10,15,20H,11-12,14H2,1-2H3. The van der Waals surface area contributed by atoms with Crippen molar-refractivity contribution in [2.45, 2.75) is 31.2 Å². The van der Waals surface area contributed by atoms with E-state index in [-0.39, 0.29) is 17.9 Å². The Morgan fingerprint density at radius 1 is 1.15 bits per heavy atom. The third kappa shape index (κ3) is 2.31. The average molecular weight is 346 g/mol. The number of nitrogens with zero attached hydrogens (tertiary/aromatic N) is 2. The molecule has 2 unspecified atom stereocenters. The van der Waals surface area contributed by atoms with Gasteiger partial charge in [0.05, 0.1) is 24.6 Å². The summed E-state index contributed by atoms with van der Waals surface area (Å²) in [5.74, 6) is -0.0669. The predicted molar refractivity (Wildman–Crippen MR) is 99.6 cm³/mol. The molecule has 0 radical (unpaired) electrons. The van der Waals surface area contributed by atoms with Gasteiger partial charge in [0.25, 0.3) is 0 Å². The van der Waals surface area contributed by atoms with Crippen molar-refractivity contribution < 1.29 is 9.53 Å². The lowest BCUT2D eigenvalue weighted by molar-refractivity contribution is 0.0275. The highest BCUT2D eigenvalue weighted by molar-refractivity contribution is 5.80. The molecule has 132 valence electrons. The molecule has 1 fully saturated rings. The van der Waals surface area contributed by atoms with E-state index in [1.165, 1.54) is 29.4 Å². The van der Waals surface area contributed by atoms with Gasteiger partial charge in [0, 0.05) is 12.5 Å². The van der Waals surface area contributed by atoms with Crippen LogP contribution in [0.15, 0.2) is 48.5 Å². The number of nitriles is 1. The first-order chi connectivity index (χ1) is 12.6. The molecule has 0 bridgehead atoms. The van der Waals surface area contributed by atoms with Crippen molar-refractivity contribution in [3.63, 3.8) is 0 Å². The molecule has 1 saturated heterocycles. The predicted octanol–water partition coefficient (Wildman–Crippen LogP) is 4.56. The molecule has 0 saturated carbocycles. The Balaban J connectivity index is 1.87. The van der Waals surface area contributed by atoms with Crippen molar-refractivity contribution in [1.29, 1.82) is 5.26 Å². The second kappa shape index (κ2) is 6.17. The van der Waals surface area contributed by atoms with Crippen LogP contribution < -0.4 is 0 Å². The molecule has 2 aliphatic rings. The molecule has 0 N–H and O–H groups in total. The molecular formula is C22H22N2O2. The van der Waals surface area contributed by atoms with Crippen molar-refractivity contribution in [2.75, 3.05) is 13.7 Å². The fraction of sp³-hybridized carbons (Fsp3) is 0.364. The summed E-state index contributed by atoms with van der Waals surface area (Å²) in [6.07, 6.45) is 1.21. The number of hydrogen-bond donors (Lipinski definition) is 0. The average Bonchev–Trinajstić information content (AvgIpc) is 3.03. The van der Waals surface area contributed by atoms with Gasteiger partial charge in [0.1, 0.15) is 0 Å². The Morgan fingerprint density at radius 2 is 1.73 bits per heavy atom. The zero-order valence-electron chi connectivity index (χ0n) is 15.1. The van der Waals surface area contributed by atoms with Crippen LogP contribution in [-0.2, 0) is 4.74 Å². The normalized spacial score (nSPS) is 24.5. The van der Waals surface area contributed by atoms with E-state index in [0.717, 1.165) is 12.8 Å². The topological polar surface area (TPSA) is 53.3 Å². The van der Waals surface area contributed by atoms with Crippen LogP contribution in [-0.4, -0.2) is 30.2 Å². The Morgan fingerprint density at radius 3 is 2.27 bits per heavy atom. The van der Waals surface area contributed by atoms with Crippen LogP contribution in [0, 0.1) is 17.2 Å². The molecule has 2 aromatic carbocycles. The summed E-state index contributed by atoms with van der Waals surface area (Å²) in [6.45, 7) is 2.56. The van der Waals surface area contributed by atoms with Gasteiger partial charge in [-0.1, -0.05) is 48.5 Å². The molecule has 0 aromatic heterocycles. The van der Waals surface area contributed by atoms with Crippen LogP contribution in [0.25, 0.3) is 11.1 Å². The zero-order chi connectivity index (χ0) is 18.3. The number of rotatable bonds is 1. The number of methoxy groups -OCH3 is 1. The Labute approximate surface area is 154 Å². The van der Waals surface area contributed by atoms with Crippen LogP contribution in [0.4, 0.5) is 4.79 Å². The summed E-state index contributed by atoms with van der Waals surface area (Å²) in [6, 6.07) is 19.2. The number of hydrogen-bond acceptors (Lipinski definition) is 3. The maximum absolute atomic E-state index is 12.6. The molecule has 26 heavy (non-hydrogen) atoms. The minimum absolute atomic E-state index is 0.0774. The lowest BCUT2D eigenvalue weighted by Crippen LogP contribution is -2.57. The molecule has 4 heteroatoms. The van der Waals surface area contributed by atoms with Gasteiger partial charge >= 0.3 is 6.09 Å². The van der Waals surface area contributed by atoms with Crippen LogP contribution in [0.2, 0.25) is 0 Å². The lowest BCUT2D eigenvalue weighted by Gasteiger charge is -2.49. The first-order valence-corrected chi connectivity index (χ1v) is 9.03. The number of amides is 1. The molecular weight excluding hydrogens is 324 g/mol. The van der Waals surface area contributed by atoms with E-state index < -0.39 is 5.54 Å². The highest BCUT2D eigenvalue weighted by Gasteiger charge is 2.50. The van der Waals surface area contributed by atoms with E-state index in [2.05, 4.69) is 61.5 Å². The van der Waals surface area contributed by atoms with Gasteiger partial charge < -0.3 is 9.64 Å². The minimum Gasteiger partial charge on any atom is -0.453 e. The third-order valence-corrected chi connectivity index (χ3v) is 6.05. The van der Waals surface area contributed by atoms with E-state index in [9.17, 15) is 10.1 Å². The first kappa shape index (κ1) is 16.7. The Hall–Kier alpha value is -2.80. The first-order valence-electron chi connectivity index (χ1n) is 9.03. The third-order valence-electron chi connectivity index (χ3n) is 6.05. The van der Waals surface area contributed by atoms with Crippen molar-refractivity contribution >= 4 is 6.09 Å². The van der Waals surface area contributed by atoms with E-state index in [0.29, 0.717) is 6.54 Å². The minimum atomic E-state index is -0.427. The van der Waals surface area contributed by atoms with E-state index in [1.54, 1.807) is 4.90 Å². The van der Waals surface area contributed by atoms with Gasteiger partial charge in [0.2, 0.25) is 0 Å². The Kier molecular flexibility index (Phi) is 3.96. The molecule has 2 aromatic rings. The highest BCUT2D eigenvalue weighted by Crippen LogP contribution is 2.53. The summed E-state index contributed by atoms with van der Waals surface area (Å²) in [7, 11) is 1.41. The largest absolute Gasteiger partial charge is 0.453 e. The van der Waals surface area contributed by atoms with Gasteiger partial charge in [-0.05, 0) is 42.0 Å². The Bertz CT molecular complexity index is 856. The molecule has 4 rings (SSSR count). The van der Waals surface area contributed by atoms with Crippen LogP contribution in [0.1, 0.15) is 36.8 Å². The monoisotopic (exact) mass is 346 g/mol. The van der Waals surface area contributed by atoms with Crippen molar-refractivity contribution in [2.24, 2.45) is 5.92 Å². The molecule has 0 spiro atoms. The maximum Gasteiger partial charge on any atom is 0.410 e. The van der Waals surface area contributed by atoms with Crippen molar-refractivity contribution in [1.82, 2.24) is 4.90 Å². The lowest BCUT2D eigenvalue weighted by atomic mass is 9.71. The van der Waals surface area contributed by atoms with E-state index in [1.807, 2.05) is 0 Å². The molecule has 2 atom stereocenters. The van der Waals surface area contributed by atoms with Gasteiger partial charge in [-0.3, -0.25) is 0 Å². The fourth-order valence-corrected chi connectivity index (χ4v) is 4.75. The van der Waals surface area contributed by atoms with Crippen molar-refractivity contribution in [3.8, 4) is 17.2 Å².